The van der Waals surface area contributed by atoms with E-state index in [1.807, 2.05) is 0 Å². The number of hydrogen-bond donors (Lipinski definition) is 0. The molecule has 1 aliphatic carbocycles. The lowest BCUT2D eigenvalue weighted by atomic mass is 9.81. The van der Waals surface area contributed by atoms with Crippen LogP contribution in [-0.4, -0.2) is 56.8 Å². The molecule has 0 N–H and O–H groups in total. The third kappa shape index (κ3) is 4.65. The number of Topliss-reactive ketones (excluding diaryl/α,β-unsaturated/α-hetero) is 1. The van der Waals surface area contributed by atoms with Gasteiger partial charge in [-0.3, -0.25) is 19.2 Å². The zero-order valence-corrected chi connectivity index (χ0v) is 22.0. The molecule has 3 amide bonds. The molecule has 4 atom stereocenters. The summed E-state index contributed by atoms with van der Waals surface area (Å²) in [4.78, 5) is 53.5. The van der Waals surface area contributed by atoms with Crippen molar-refractivity contribution in [2.24, 2.45) is 11.8 Å². The number of fused-ring (bicyclic) bond motifs is 1. The quantitative estimate of drug-likeness (QED) is 0.273. The molecule has 0 spiro atoms. The van der Waals surface area contributed by atoms with Crippen LogP contribution in [0.5, 0.6) is 5.75 Å². The fraction of sp³-hybridized carbons (Fsp3) is 0.333. The van der Waals surface area contributed by atoms with Gasteiger partial charge in [0, 0.05) is 15.2 Å². The summed E-state index contributed by atoms with van der Waals surface area (Å²) in [7, 11) is 1.51. The largest absolute Gasteiger partial charge is 0.497 e. The molecule has 1 aliphatic heterocycles. The standard InChI is InChI=1S/C24H21Br2ClN2O5/c1-34-14-8-6-13(7-9-14)21(30)12-28(22(31)15-4-2-3-5-20(15)27)29-23(32)16-10-18(25)19(26)11-17(16)24(29)33/h2-9,16-19H,10-12H2,1H3/t16-,17-,18+,19+/m1/s1. The number of methoxy groups -OCH3 is 1. The lowest BCUT2D eigenvalue weighted by Crippen LogP contribution is -2.52. The maximum atomic E-state index is 13.5. The maximum Gasteiger partial charge on any atom is 0.274 e. The lowest BCUT2D eigenvalue weighted by Gasteiger charge is -2.30. The molecule has 7 nitrogen and oxygen atoms in total. The van der Waals surface area contributed by atoms with Gasteiger partial charge in [-0.25, -0.2) is 5.01 Å². The predicted octanol–water partition coefficient (Wildman–Crippen LogP) is 4.51. The Bertz CT molecular complexity index is 1110. The summed E-state index contributed by atoms with van der Waals surface area (Å²) in [5, 5.41) is 1.95. The van der Waals surface area contributed by atoms with Crippen LogP contribution in [0, 0.1) is 11.8 Å². The van der Waals surface area contributed by atoms with E-state index in [1.54, 1.807) is 36.4 Å². The summed E-state index contributed by atoms with van der Waals surface area (Å²) in [6, 6.07) is 12.7. The van der Waals surface area contributed by atoms with Gasteiger partial charge in [0.25, 0.3) is 17.7 Å². The van der Waals surface area contributed by atoms with E-state index in [0.29, 0.717) is 24.2 Å². The molecule has 1 saturated heterocycles. The predicted molar refractivity (Wildman–Crippen MR) is 133 cm³/mol. The minimum absolute atomic E-state index is 0.0131. The van der Waals surface area contributed by atoms with E-state index in [2.05, 4.69) is 31.9 Å². The number of imide groups is 1. The average molecular weight is 613 g/mol. The summed E-state index contributed by atoms with van der Waals surface area (Å²) < 4.78 is 5.12. The molecule has 1 heterocycles. The first-order chi connectivity index (χ1) is 16.2. The van der Waals surface area contributed by atoms with Crippen LogP contribution < -0.4 is 4.74 Å². The molecular formula is C24H21Br2ClN2O5. The maximum absolute atomic E-state index is 13.5. The van der Waals surface area contributed by atoms with E-state index in [4.69, 9.17) is 16.3 Å². The normalized spacial score (nSPS) is 24.1. The van der Waals surface area contributed by atoms with Gasteiger partial charge in [0.2, 0.25) is 0 Å². The smallest absolute Gasteiger partial charge is 0.274 e. The Morgan fingerprint density at radius 3 is 2.09 bits per heavy atom. The van der Waals surface area contributed by atoms with Crippen LogP contribution in [-0.2, 0) is 9.59 Å². The molecule has 4 rings (SSSR count). The van der Waals surface area contributed by atoms with Crippen molar-refractivity contribution in [1.29, 1.82) is 0 Å². The number of halogens is 3. The van der Waals surface area contributed by atoms with Crippen molar-refractivity contribution < 1.29 is 23.9 Å². The Balaban J connectivity index is 1.69. The molecule has 34 heavy (non-hydrogen) atoms. The number of alkyl halides is 2. The number of nitrogens with zero attached hydrogens (tertiary/aromatic N) is 2. The molecule has 0 radical (unpaired) electrons. The van der Waals surface area contributed by atoms with E-state index in [-0.39, 0.29) is 20.2 Å². The Kier molecular flexibility index (Phi) is 7.45. The van der Waals surface area contributed by atoms with Crippen LogP contribution in [0.2, 0.25) is 5.02 Å². The molecule has 2 aliphatic rings. The monoisotopic (exact) mass is 610 g/mol. The van der Waals surface area contributed by atoms with Gasteiger partial charge in [-0.15, -0.1) is 0 Å². The number of rotatable bonds is 6. The van der Waals surface area contributed by atoms with Gasteiger partial charge < -0.3 is 4.74 Å². The van der Waals surface area contributed by atoms with Gasteiger partial charge >= 0.3 is 0 Å². The highest BCUT2D eigenvalue weighted by molar-refractivity contribution is 9.12. The Morgan fingerprint density at radius 2 is 1.56 bits per heavy atom. The van der Waals surface area contributed by atoms with Crippen LogP contribution in [0.3, 0.4) is 0 Å². The number of ether oxygens (including phenoxy) is 1. The van der Waals surface area contributed by atoms with E-state index >= 15 is 0 Å². The van der Waals surface area contributed by atoms with Crippen LogP contribution in [0.4, 0.5) is 0 Å². The molecule has 1 saturated carbocycles. The minimum atomic E-state index is -0.696. The number of hydrogen-bond acceptors (Lipinski definition) is 5. The first kappa shape index (κ1) is 24.9. The molecule has 0 aromatic heterocycles. The second-order valence-electron chi connectivity index (χ2n) is 8.20. The van der Waals surface area contributed by atoms with Crippen molar-refractivity contribution in [3.63, 3.8) is 0 Å². The number of ketones is 1. The second-order valence-corrected chi connectivity index (χ2v) is 11.0. The van der Waals surface area contributed by atoms with Crippen molar-refractivity contribution in [3.05, 3.63) is 64.7 Å². The summed E-state index contributed by atoms with van der Waals surface area (Å²) in [5.74, 6) is -2.66. The minimum Gasteiger partial charge on any atom is -0.497 e. The molecule has 178 valence electrons. The number of carbonyl (C=O) groups is 4. The number of carbonyl (C=O) groups excluding carboxylic acids is 4. The molecule has 0 bridgehead atoms. The van der Waals surface area contributed by atoms with Gasteiger partial charge in [-0.2, -0.15) is 5.01 Å². The van der Waals surface area contributed by atoms with E-state index in [1.165, 1.54) is 19.2 Å². The first-order valence-electron chi connectivity index (χ1n) is 10.6. The van der Waals surface area contributed by atoms with Crippen LogP contribution in [0.15, 0.2) is 48.5 Å². The number of amides is 3. The highest BCUT2D eigenvalue weighted by Gasteiger charge is 2.54. The fourth-order valence-corrected chi connectivity index (χ4v) is 5.78. The summed E-state index contributed by atoms with van der Waals surface area (Å²) in [6.45, 7) is -0.497. The van der Waals surface area contributed by atoms with Gasteiger partial charge in [0.05, 0.1) is 29.5 Å². The highest BCUT2D eigenvalue weighted by atomic mass is 79.9. The van der Waals surface area contributed by atoms with Gasteiger partial charge in [0.15, 0.2) is 5.78 Å². The lowest BCUT2D eigenvalue weighted by molar-refractivity contribution is -0.154. The summed E-state index contributed by atoms with van der Waals surface area (Å²) in [6.07, 6.45) is 0.893. The van der Waals surface area contributed by atoms with E-state index < -0.39 is 41.9 Å². The Hall–Kier alpha value is -2.23. The third-order valence-corrected chi connectivity index (χ3v) is 9.24. The molecule has 10 heteroatoms. The molecule has 2 aromatic rings. The average Bonchev–Trinajstić information content (AvgIpc) is 3.06. The molecular weight excluding hydrogens is 592 g/mol. The van der Waals surface area contributed by atoms with Crippen LogP contribution in [0.25, 0.3) is 0 Å². The Morgan fingerprint density at radius 1 is 1.00 bits per heavy atom. The van der Waals surface area contributed by atoms with Crippen molar-refractivity contribution in [2.45, 2.75) is 22.5 Å². The third-order valence-electron chi connectivity index (χ3n) is 6.17. The van der Waals surface area contributed by atoms with Crippen LogP contribution >= 0.6 is 43.5 Å². The van der Waals surface area contributed by atoms with Gasteiger partial charge in [0.1, 0.15) is 12.3 Å². The van der Waals surface area contributed by atoms with Gasteiger partial charge in [-0.05, 0) is 49.2 Å². The van der Waals surface area contributed by atoms with Crippen molar-refractivity contribution in [1.82, 2.24) is 10.0 Å². The summed E-state index contributed by atoms with van der Waals surface area (Å²) in [5.41, 5.74) is 0.411. The number of hydrazine groups is 1. The van der Waals surface area contributed by atoms with E-state index in [0.717, 1.165) is 10.0 Å². The molecule has 0 unspecified atom stereocenters. The van der Waals surface area contributed by atoms with Gasteiger partial charge in [-0.1, -0.05) is 55.6 Å². The summed E-state index contributed by atoms with van der Waals surface area (Å²) >= 11 is 13.4. The highest BCUT2D eigenvalue weighted by Crippen LogP contribution is 2.43. The molecule has 2 aromatic carbocycles. The fourth-order valence-electron chi connectivity index (χ4n) is 4.33. The first-order valence-corrected chi connectivity index (χ1v) is 12.8. The van der Waals surface area contributed by atoms with Crippen molar-refractivity contribution in [2.75, 3.05) is 13.7 Å². The zero-order chi connectivity index (χ0) is 24.6. The Labute approximate surface area is 218 Å². The second kappa shape index (κ2) is 10.2. The van der Waals surface area contributed by atoms with Crippen LogP contribution in [0.1, 0.15) is 33.6 Å². The SMILES string of the molecule is COc1ccc(C(=O)CN(C(=O)c2ccccc2Cl)N2C(=O)[C@@H]3C[C@H](Br)[C@@H](Br)C[C@H]3C2=O)cc1. The van der Waals surface area contributed by atoms with Crippen molar-refractivity contribution in [3.8, 4) is 5.75 Å². The topological polar surface area (TPSA) is 84.0 Å². The van der Waals surface area contributed by atoms with Crippen molar-refractivity contribution >= 4 is 67.0 Å². The number of benzene rings is 2. The zero-order valence-electron chi connectivity index (χ0n) is 18.1. The molecule has 2 fully saturated rings. The van der Waals surface area contributed by atoms with E-state index in [9.17, 15) is 19.2 Å².